The molecule has 1 aliphatic rings. The van der Waals surface area contributed by atoms with Crippen LogP contribution in [0.3, 0.4) is 0 Å². The minimum absolute atomic E-state index is 0.0327. The normalized spacial score (nSPS) is 22.2. The zero-order chi connectivity index (χ0) is 12.4. The van der Waals surface area contributed by atoms with E-state index in [0.717, 1.165) is 19.3 Å². The molecule has 1 aromatic rings. The summed E-state index contributed by atoms with van der Waals surface area (Å²) in [6.07, 6.45) is 3.21. The molecule has 17 heavy (non-hydrogen) atoms. The summed E-state index contributed by atoms with van der Waals surface area (Å²) in [5.41, 5.74) is -0.0327. The zero-order valence-electron chi connectivity index (χ0n) is 9.81. The van der Waals surface area contributed by atoms with Gasteiger partial charge in [0, 0.05) is 6.04 Å². The highest BCUT2D eigenvalue weighted by atomic mass is 16.3. The second-order valence-electron chi connectivity index (χ2n) is 4.54. The fourth-order valence-electron chi connectivity index (χ4n) is 2.12. The molecule has 92 valence electrons. The molecule has 0 bridgehead atoms. The Morgan fingerprint density at radius 3 is 2.65 bits per heavy atom. The van der Waals surface area contributed by atoms with Gasteiger partial charge in [0.15, 0.2) is 0 Å². The van der Waals surface area contributed by atoms with Crippen LogP contribution in [0.1, 0.15) is 36.5 Å². The van der Waals surface area contributed by atoms with Gasteiger partial charge in [0.1, 0.15) is 17.1 Å². The third-order valence-corrected chi connectivity index (χ3v) is 3.15. The number of hydrogen-bond donors (Lipinski definition) is 3. The molecule has 0 saturated heterocycles. The fourth-order valence-corrected chi connectivity index (χ4v) is 2.12. The molecule has 3 N–H and O–H groups in total. The monoisotopic (exact) mass is 235 g/mol. The summed E-state index contributed by atoms with van der Waals surface area (Å²) in [5.74, 6) is -0.216. The third-order valence-electron chi connectivity index (χ3n) is 3.15. The largest absolute Gasteiger partial charge is 0.507 e. The first kappa shape index (κ1) is 11.8. The Kier molecular flexibility index (Phi) is 3.22. The van der Waals surface area contributed by atoms with Crippen molar-refractivity contribution in [3.8, 4) is 11.5 Å². The van der Waals surface area contributed by atoms with Crippen LogP contribution in [-0.4, -0.2) is 22.2 Å². The Hall–Kier alpha value is -1.71. The summed E-state index contributed by atoms with van der Waals surface area (Å²) in [4.78, 5) is 11.9. The number of phenolic OH excluding ortho intramolecular Hbond substituents is 2. The van der Waals surface area contributed by atoms with Crippen molar-refractivity contribution >= 4 is 5.91 Å². The molecule has 0 aliphatic heterocycles. The van der Waals surface area contributed by atoms with E-state index in [-0.39, 0.29) is 23.1 Å². The summed E-state index contributed by atoms with van der Waals surface area (Å²) < 4.78 is 0. The second-order valence-corrected chi connectivity index (χ2v) is 4.54. The Morgan fingerprint density at radius 2 is 2.06 bits per heavy atom. The molecular weight excluding hydrogens is 218 g/mol. The molecule has 2 atom stereocenters. The van der Waals surface area contributed by atoms with Crippen LogP contribution in [0.5, 0.6) is 11.5 Å². The third kappa shape index (κ3) is 2.52. The number of hydrogen-bond acceptors (Lipinski definition) is 3. The van der Waals surface area contributed by atoms with Gasteiger partial charge in [-0.2, -0.15) is 0 Å². The molecule has 2 unspecified atom stereocenters. The van der Waals surface area contributed by atoms with E-state index >= 15 is 0 Å². The van der Waals surface area contributed by atoms with Crippen molar-refractivity contribution in [3.63, 3.8) is 0 Å². The number of carbonyl (C=O) groups is 1. The van der Waals surface area contributed by atoms with Crippen LogP contribution in [0.2, 0.25) is 0 Å². The highest BCUT2D eigenvalue weighted by Crippen LogP contribution is 2.35. The van der Waals surface area contributed by atoms with Gasteiger partial charge in [0.25, 0.3) is 5.91 Å². The molecule has 0 spiro atoms. The minimum atomic E-state index is -0.399. The predicted octanol–water partition coefficient (Wildman–Crippen LogP) is 2.02. The number of aromatic hydroxyl groups is 2. The van der Waals surface area contributed by atoms with E-state index < -0.39 is 5.91 Å². The topological polar surface area (TPSA) is 69.6 Å². The lowest BCUT2D eigenvalue weighted by molar-refractivity contribution is 0.0943. The van der Waals surface area contributed by atoms with E-state index in [0.29, 0.717) is 5.92 Å². The van der Waals surface area contributed by atoms with Crippen molar-refractivity contribution in [1.29, 1.82) is 0 Å². The molecule has 1 amide bonds. The average Bonchev–Trinajstić information content (AvgIpc) is 2.96. The first-order valence-corrected chi connectivity index (χ1v) is 5.95. The average molecular weight is 235 g/mol. The molecule has 0 aromatic heterocycles. The van der Waals surface area contributed by atoms with Crippen molar-refractivity contribution < 1.29 is 15.0 Å². The van der Waals surface area contributed by atoms with Crippen LogP contribution >= 0.6 is 0 Å². The molecule has 0 radical (unpaired) electrons. The predicted molar refractivity (Wildman–Crippen MR) is 64.0 cm³/mol. The highest BCUT2D eigenvalue weighted by molar-refractivity contribution is 5.99. The van der Waals surface area contributed by atoms with Crippen molar-refractivity contribution in [3.05, 3.63) is 23.8 Å². The Labute approximate surface area is 100 Å². The summed E-state index contributed by atoms with van der Waals surface area (Å²) in [6, 6.07) is 4.48. The maximum atomic E-state index is 11.9. The smallest absolute Gasteiger partial charge is 0.259 e. The number of rotatable bonds is 4. The van der Waals surface area contributed by atoms with Gasteiger partial charge in [0.05, 0.1) is 0 Å². The summed E-state index contributed by atoms with van der Waals surface area (Å²) >= 11 is 0. The summed E-state index contributed by atoms with van der Waals surface area (Å²) in [7, 11) is 0. The molecule has 2 rings (SSSR count). The lowest BCUT2D eigenvalue weighted by Crippen LogP contribution is -2.27. The highest BCUT2D eigenvalue weighted by Gasteiger charge is 2.37. The number of phenols is 2. The van der Waals surface area contributed by atoms with E-state index in [1.54, 1.807) is 0 Å². The number of carbonyl (C=O) groups excluding carboxylic acids is 1. The summed E-state index contributed by atoms with van der Waals surface area (Å²) in [5, 5.41) is 21.9. The van der Waals surface area contributed by atoms with Crippen LogP contribution in [0.15, 0.2) is 18.2 Å². The van der Waals surface area contributed by atoms with E-state index in [4.69, 9.17) is 0 Å². The maximum Gasteiger partial charge on any atom is 0.259 e. The van der Waals surface area contributed by atoms with Gasteiger partial charge in [-0.1, -0.05) is 19.4 Å². The number of nitrogens with one attached hydrogen (secondary N) is 1. The van der Waals surface area contributed by atoms with Gasteiger partial charge >= 0.3 is 0 Å². The molecule has 1 aliphatic carbocycles. The van der Waals surface area contributed by atoms with Crippen LogP contribution in [-0.2, 0) is 0 Å². The van der Waals surface area contributed by atoms with Gasteiger partial charge < -0.3 is 15.5 Å². The molecule has 0 heterocycles. The Bertz CT molecular complexity index is 410. The lowest BCUT2D eigenvalue weighted by Gasteiger charge is -2.07. The van der Waals surface area contributed by atoms with E-state index in [9.17, 15) is 15.0 Å². The van der Waals surface area contributed by atoms with Gasteiger partial charge in [-0.15, -0.1) is 0 Å². The number of benzene rings is 1. The Morgan fingerprint density at radius 1 is 1.41 bits per heavy atom. The SMILES string of the molecule is CCCC1CC1NC(=O)c1c(O)cccc1O. The molecule has 4 heteroatoms. The molecule has 1 aromatic carbocycles. The molecule has 1 fully saturated rings. The van der Waals surface area contributed by atoms with Crippen LogP contribution in [0, 0.1) is 5.92 Å². The van der Waals surface area contributed by atoms with E-state index in [1.807, 2.05) is 0 Å². The van der Waals surface area contributed by atoms with Crippen molar-refractivity contribution in [2.75, 3.05) is 0 Å². The fraction of sp³-hybridized carbons (Fsp3) is 0.462. The molecular formula is C13H17NO3. The Balaban J connectivity index is 2.01. The number of amides is 1. The minimum Gasteiger partial charge on any atom is -0.507 e. The van der Waals surface area contributed by atoms with Crippen LogP contribution in [0.25, 0.3) is 0 Å². The van der Waals surface area contributed by atoms with E-state index in [1.165, 1.54) is 18.2 Å². The summed E-state index contributed by atoms with van der Waals surface area (Å²) in [6.45, 7) is 2.12. The van der Waals surface area contributed by atoms with E-state index in [2.05, 4.69) is 12.2 Å². The molecule has 1 saturated carbocycles. The maximum absolute atomic E-state index is 11.9. The first-order valence-electron chi connectivity index (χ1n) is 5.95. The van der Waals surface area contributed by atoms with Gasteiger partial charge in [-0.25, -0.2) is 0 Å². The van der Waals surface area contributed by atoms with Gasteiger partial charge in [-0.3, -0.25) is 4.79 Å². The van der Waals surface area contributed by atoms with Crippen LogP contribution < -0.4 is 5.32 Å². The quantitative estimate of drug-likeness (QED) is 0.747. The zero-order valence-corrected chi connectivity index (χ0v) is 9.81. The van der Waals surface area contributed by atoms with Crippen LogP contribution in [0.4, 0.5) is 0 Å². The van der Waals surface area contributed by atoms with Gasteiger partial charge in [-0.05, 0) is 30.9 Å². The standard InChI is InChI=1S/C13H17NO3/c1-2-4-8-7-9(8)14-13(17)12-10(15)5-3-6-11(12)16/h3,5-6,8-9,15-16H,2,4,7H2,1H3,(H,14,17). The van der Waals surface area contributed by atoms with Crippen molar-refractivity contribution in [2.45, 2.75) is 32.2 Å². The van der Waals surface area contributed by atoms with Crippen molar-refractivity contribution in [1.82, 2.24) is 5.32 Å². The first-order chi connectivity index (χ1) is 8.13. The van der Waals surface area contributed by atoms with Gasteiger partial charge in [0.2, 0.25) is 0 Å². The lowest BCUT2D eigenvalue weighted by atomic mass is 10.1. The molecule has 4 nitrogen and oxygen atoms in total. The second kappa shape index (κ2) is 4.65. The van der Waals surface area contributed by atoms with Crippen molar-refractivity contribution in [2.24, 2.45) is 5.92 Å².